The molecular formula is C25H23ClN2OS. The molecule has 0 aliphatic heterocycles. The highest BCUT2D eigenvalue weighted by molar-refractivity contribution is 7.23. The van der Waals surface area contributed by atoms with Gasteiger partial charge in [0.1, 0.15) is 0 Å². The van der Waals surface area contributed by atoms with Gasteiger partial charge < -0.3 is 0 Å². The van der Waals surface area contributed by atoms with E-state index in [1.165, 1.54) is 22.5 Å². The van der Waals surface area contributed by atoms with Crippen LogP contribution in [0.2, 0.25) is 5.02 Å². The van der Waals surface area contributed by atoms with Gasteiger partial charge in [0.2, 0.25) is 5.91 Å². The van der Waals surface area contributed by atoms with Crippen LogP contribution in [0.3, 0.4) is 0 Å². The third-order valence-corrected chi connectivity index (χ3v) is 6.87. The molecule has 0 N–H and O–H groups in total. The van der Waals surface area contributed by atoms with E-state index in [4.69, 9.17) is 16.6 Å². The molecule has 30 heavy (non-hydrogen) atoms. The zero-order chi connectivity index (χ0) is 21.3. The number of rotatable bonds is 5. The van der Waals surface area contributed by atoms with Gasteiger partial charge in [-0.15, -0.1) is 0 Å². The average Bonchev–Trinajstić information content (AvgIpc) is 3.19. The van der Waals surface area contributed by atoms with Crippen LogP contribution < -0.4 is 4.90 Å². The SMILES string of the molecule is Cc1ccc(CC(=O)N(Cc2ccccc2)c2nc3c(C)ccc(Cl)c3s2)cc1C. The first-order valence-electron chi connectivity index (χ1n) is 9.88. The van der Waals surface area contributed by atoms with Crippen molar-refractivity contribution < 1.29 is 4.79 Å². The molecule has 0 aliphatic carbocycles. The lowest BCUT2D eigenvalue weighted by molar-refractivity contribution is -0.118. The molecular weight excluding hydrogens is 412 g/mol. The fourth-order valence-electron chi connectivity index (χ4n) is 3.42. The van der Waals surface area contributed by atoms with Crippen LogP contribution >= 0.6 is 22.9 Å². The first-order valence-corrected chi connectivity index (χ1v) is 11.1. The van der Waals surface area contributed by atoms with Crippen LogP contribution in [-0.2, 0) is 17.8 Å². The molecule has 0 aliphatic rings. The number of anilines is 1. The number of aryl methyl sites for hydroxylation is 3. The van der Waals surface area contributed by atoms with Crippen LogP contribution in [0.15, 0.2) is 60.7 Å². The van der Waals surface area contributed by atoms with Crippen molar-refractivity contribution in [3.8, 4) is 0 Å². The summed E-state index contributed by atoms with van der Waals surface area (Å²) >= 11 is 7.89. The fourth-order valence-corrected chi connectivity index (χ4v) is 4.75. The Morgan fingerprint density at radius 3 is 2.37 bits per heavy atom. The number of thiazole rings is 1. The van der Waals surface area contributed by atoms with Gasteiger partial charge in [-0.05, 0) is 54.7 Å². The molecule has 0 unspecified atom stereocenters. The summed E-state index contributed by atoms with van der Waals surface area (Å²) in [6, 6.07) is 20.1. The fraction of sp³-hybridized carbons (Fsp3) is 0.200. The number of carbonyl (C=O) groups excluding carboxylic acids is 1. The number of halogens is 1. The normalized spacial score (nSPS) is 11.1. The molecule has 0 spiro atoms. The zero-order valence-corrected chi connectivity index (χ0v) is 18.8. The van der Waals surface area contributed by atoms with E-state index in [2.05, 4.69) is 26.0 Å². The van der Waals surface area contributed by atoms with Gasteiger partial charge in [-0.25, -0.2) is 4.98 Å². The molecule has 1 amide bonds. The summed E-state index contributed by atoms with van der Waals surface area (Å²) in [5.41, 5.74) is 6.41. The van der Waals surface area contributed by atoms with Crippen molar-refractivity contribution in [2.24, 2.45) is 0 Å². The largest absolute Gasteiger partial charge is 0.283 e. The second kappa shape index (κ2) is 8.58. The predicted octanol–water partition coefficient (Wildman–Crippen LogP) is 6.65. The van der Waals surface area contributed by atoms with Crippen molar-refractivity contribution in [1.82, 2.24) is 4.98 Å². The highest BCUT2D eigenvalue weighted by atomic mass is 35.5. The van der Waals surface area contributed by atoms with Crippen LogP contribution in [0.5, 0.6) is 0 Å². The van der Waals surface area contributed by atoms with Crippen LogP contribution in [0.4, 0.5) is 5.13 Å². The van der Waals surface area contributed by atoms with Gasteiger partial charge in [-0.2, -0.15) is 0 Å². The van der Waals surface area contributed by atoms with E-state index in [0.717, 1.165) is 26.9 Å². The Morgan fingerprint density at radius 1 is 0.933 bits per heavy atom. The van der Waals surface area contributed by atoms with Gasteiger partial charge in [0.15, 0.2) is 5.13 Å². The number of benzene rings is 3. The summed E-state index contributed by atoms with van der Waals surface area (Å²) in [6.45, 7) is 6.64. The Bertz CT molecular complexity index is 1180. The van der Waals surface area contributed by atoms with Crippen LogP contribution in [0, 0.1) is 20.8 Å². The van der Waals surface area contributed by atoms with E-state index < -0.39 is 0 Å². The Morgan fingerprint density at radius 2 is 1.67 bits per heavy atom. The molecule has 0 atom stereocenters. The van der Waals surface area contributed by atoms with Crippen molar-refractivity contribution in [3.63, 3.8) is 0 Å². The summed E-state index contributed by atoms with van der Waals surface area (Å²) in [7, 11) is 0. The number of aromatic nitrogens is 1. The van der Waals surface area contributed by atoms with Crippen molar-refractivity contribution in [1.29, 1.82) is 0 Å². The van der Waals surface area contributed by atoms with Gasteiger partial charge in [0.25, 0.3) is 0 Å². The van der Waals surface area contributed by atoms with Crippen LogP contribution in [-0.4, -0.2) is 10.9 Å². The highest BCUT2D eigenvalue weighted by Gasteiger charge is 2.22. The molecule has 3 nitrogen and oxygen atoms in total. The first-order chi connectivity index (χ1) is 14.4. The van der Waals surface area contributed by atoms with Crippen molar-refractivity contribution in [2.75, 3.05) is 4.90 Å². The zero-order valence-electron chi connectivity index (χ0n) is 17.3. The van der Waals surface area contributed by atoms with Crippen molar-refractivity contribution in [3.05, 3.63) is 93.5 Å². The van der Waals surface area contributed by atoms with E-state index in [0.29, 0.717) is 23.1 Å². The summed E-state index contributed by atoms with van der Waals surface area (Å²) < 4.78 is 0.920. The minimum atomic E-state index is 0.0231. The maximum absolute atomic E-state index is 13.4. The molecule has 1 heterocycles. The quantitative estimate of drug-likeness (QED) is 0.352. The monoisotopic (exact) mass is 434 g/mol. The predicted molar refractivity (Wildman–Crippen MR) is 127 cm³/mol. The van der Waals surface area contributed by atoms with Gasteiger partial charge in [-0.1, -0.05) is 77.5 Å². The third kappa shape index (κ3) is 4.25. The first kappa shape index (κ1) is 20.6. The number of nitrogens with zero attached hydrogens (tertiary/aromatic N) is 2. The smallest absolute Gasteiger partial charge is 0.233 e. The van der Waals surface area contributed by atoms with Crippen molar-refractivity contribution in [2.45, 2.75) is 33.7 Å². The van der Waals surface area contributed by atoms with Crippen LogP contribution in [0.25, 0.3) is 10.2 Å². The standard InChI is InChI=1S/C25H23ClN2OS/c1-16-9-11-20(13-18(16)3)14-22(29)28(15-19-7-5-4-6-8-19)25-27-23-17(2)10-12-21(26)24(23)30-25/h4-13H,14-15H2,1-3H3. The number of hydrogen-bond acceptors (Lipinski definition) is 3. The number of hydrogen-bond donors (Lipinski definition) is 0. The van der Waals surface area contributed by atoms with E-state index in [-0.39, 0.29) is 5.91 Å². The number of fused-ring (bicyclic) bond motifs is 1. The second-order valence-corrected chi connectivity index (χ2v) is 8.98. The summed E-state index contributed by atoms with van der Waals surface area (Å²) in [5, 5.41) is 1.35. The number of carbonyl (C=O) groups is 1. The average molecular weight is 435 g/mol. The summed E-state index contributed by atoms with van der Waals surface area (Å²) in [4.78, 5) is 20.0. The maximum Gasteiger partial charge on any atom is 0.233 e. The molecule has 0 bridgehead atoms. The van der Waals surface area contributed by atoms with E-state index >= 15 is 0 Å². The molecule has 152 valence electrons. The summed E-state index contributed by atoms with van der Waals surface area (Å²) in [5.74, 6) is 0.0231. The molecule has 1 aromatic heterocycles. The second-order valence-electron chi connectivity index (χ2n) is 7.60. The Labute approximate surface area is 186 Å². The minimum absolute atomic E-state index is 0.0231. The molecule has 0 fully saturated rings. The Balaban J connectivity index is 1.72. The number of amides is 1. The lowest BCUT2D eigenvalue weighted by atomic mass is 10.0. The van der Waals surface area contributed by atoms with Crippen molar-refractivity contribution >= 4 is 44.2 Å². The molecule has 4 aromatic rings. The van der Waals surface area contributed by atoms with Crippen LogP contribution in [0.1, 0.15) is 27.8 Å². The van der Waals surface area contributed by atoms with E-state index in [1.54, 1.807) is 4.90 Å². The molecule has 0 saturated carbocycles. The topological polar surface area (TPSA) is 33.2 Å². The lowest BCUT2D eigenvalue weighted by Crippen LogP contribution is -2.31. The highest BCUT2D eigenvalue weighted by Crippen LogP contribution is 2.36. The molecule has 4 rings (SSSR count). The van der Waals surface area contributed by atoms with Gasteiger partial charge in [0.05, 0.1) is 28.2 Å². The summed E-state index contributed by atoms with van der Waals surface area (Å²) in [6.07, 6.45) is 0.330. The molecule has 0 saturated heterocycles. The Kier molecular flexibility index (Phi) is 5.89. The van der Waals surface area contributed by atoms with Gasteiger partial charge >= 0.3 is 0 Å². The van der Waals surface area contributed by atoms with Gasteiger partial charge in [-0.3, -0.25) is 9.69 Å². The molecule has 3 aromatic carbocycles. The van der Waals surface area contributed by atoms with E-state index in [9.17, 15) is 4.79 Å². The molecule has 0 radical (unpaired) electrons. The van der Waals surface area contributed by atoms with E-state index in [1.807, 2.05) is 55.5 Å². The maximum atomic E-state index is 13.4. The third-order valence-electron chi connectivity index (χ3n) is 5.33. The Hall–Kier alpha value is -2.69. The lowest BCUT2D eigenvalue weighted by Gasteiger charge is -2.20. The van der Waals surface area contributed by atoms with Gasteiger partial charge in [0, 0.05) is 0 Å². The molecule has 5 heteroatoms. The minimum Gasteiger partial charge on any atom is -0.283 e.